The Hall–Kier alpha value is -1.07. The first-order valence-electron chi connectivity index (χ1n) is 5.68. The molecule has 2 heterocycles. The fourth-order valence-electron chi connectivity index (χ4n) is 1.95. The molecule has 1 unspecified atom stereocenters. The standard InChI is InChI=1S/C11H18N2O3/c1-13-5-3-2-4-10(13)8-16-11-12-9(6-14)7-15-11/h7,10,14H,2-6,8H2,1H3. The third-order valence-corrected chi connectivity index (χ3v) is 3.01. The maximum atomic E-state index is 8.82. The van der Waals surface area contributed by atoms with Crippen LogP contribution in [0.2, 0.25) is 0 Å². The number of rotatable bonds is 4. The molecular formula is C11H18N2O3. The van der Waals surface area contributed by atoms with Gasteiger partial charge in [0.25, 0.3) is 0 Å². The molecule has 0 aliphatic carbocycles. The van der Waals surface area contributed by atoms with Crippen LogP contribution < -0.4 is 4.74 Å². The van der Waals surface area contributed by atoms with E-state index in [0.717, 1.165) is 13.0 Å². The number of oxazole rings is 1. The Kier molecular flexibility index (Phi) is 3.79. The molecule has 2 rings (SSSR count). The molecule has 0 bridgehead atoms. The monoisotopic (exact) mass is 226 g/mol. The van der Waals surface area contributed by atoms with Crippen molar-refractivity contribution in [3.63, 3.8) is 0 Å². The fraction of sp³-hybridized carbons (Fsp3) is 0.727. The minimum absolute atomic E-state index is 0.115. The molecule has 1 aromatic rings. The van der Waals surface area contributed by atoms with Crippen molar-refractivity contribution in [2.24, 2.45) is 0 Å². The first kappa shape index (κ1) is 11.4. The number of ether oxygens (including phenoxy) is 1. The van der Waals surface area contributed by atoms with Crippen molar-refractivity contribution in [1.29, 1.82) is 0 Å². The topological polar surface area (TPSA) is 58.7 Å². The first-order chi connectivity index (χ1) is 7.79. The molecule has 1 aromatic heterocycles. The fourth-order valence-corrected chi connectivity index (χ4v) is 1.95. The summed E-state index contributed by atoms with van der Waals surface area (Å²) in [6.45, 7) is 1.61. The number of aliphatic hydroxyl groups excluding tert-OH is 1. The lowest BCUT2D eigenvalue weighted by Crippen LogP contribution is -2.40. The largest absolute Gasteiger partial charge is 0.449 e. The van der Waals surface area contributed by atoms with E-state index in [1.807, 2.05) is 0 Å². The molecule has 0 aromatic carbocycles. The lowest BCUT2D eigenvalue weighted by Gasteiger charge is -2.31. The van der Waals surface area contributed by atoms with Crippen LogP contribution in [0.4, 0.5) is 0 Å². The molecule has 5 heteroatoms. The number of aliphatic hydroxyl groups is 1. The summed E-state index contributed by atoms with van der Waals surface area (Å²) >= 11 is 0. The molecule has 16 heavy (non-hydrogen) atoms. The van der Waals surface area contributed by atoms with Crippen LogP contribution in [0.25, 0.3) is 0 Å². The Bertz CT molecular complexity index is 327. The number of likely N-dealkylation sites (N-methyl/N-ethyl adjacent to an activating group) is 1. The molecule has 5 nitrogen and oxygen atoms in total. The molecule has 1 N–H and O–H groups in total. The second kappa shape index (κ2) is 5.32. The van der Waals surface area contributed by atoms with Crippen LogP contribution in [0.5, 0.6) is 6.08 Å². The van der Waals surface area contributed by atoms with Crippen molar-refractivity contribution in [2.75, 3.05) is 20.2 Å². The summed E-state index contributed by atoms with van der Waals surface area (Å²) < 4.78 is 10.5. The van der Waals surface area contributed by atoms with Crippen LogP contribution in [-0.4, -0.2) is 41.2 Å². The molecule has 1 aliphatic heterocycles. The summed E-state index contributed by atoms with van der Waals surface area (Å²) in [6.07, 6.45) is 5.35. The van der Waals surface area contributed by atoms with E-state index in [0.29, 0.717) is 18.3 Å². The Morgan fingerprint density at radius 1 is 1.62 bits per heavy atom. The highest BCUT2D eigenvalue weighted by molar-refractivity contribution is 4.98. The van der Waals surface area contributed by atoms with E-state index in [1.54, 1.807) is 0 Å². The smallest absolute Gasteiger partial charge is 0.393 e. The van der Waals surface area contributed by atoms with Crippen molar-refractivity contribution >= 4 is 0 Å². The summed E-state index contributed by atoms with van der Waals surface area (Å²) in [5.41, 5.74) is 0.506. The average Bonchev–Trinajstić information content (AvgIpc) is 2.76. The van der Waals surface area contributed by atoms with Gasteiger partial charge in [-0.1, -0.05) is 6.42 Å². The molecule has 90 valence electrons. The highest BCUT2D eigenvalue weighted by atomic mass is 16.6. The van der Waals surface area contributed by atoms with Gasteiger partial charge in [0.05, 0.1) is 6.61 Å². The second-order valence-electron chi connectivity index (χ2n) is 4.20. The van der Waals surface area contributed by atoms with E-state index < -0.39 is 0 Å². The molecule has 1 aliphatic rings. The molecule has 0 radical (unpaired) electrons. The predicted molar refractivity (Wildman–Crippen MR) is 58.2 cm³/mol. The summed E-state index contributed by atoms with van der Waals surface area (Å²) in [6, 6.07) is 0.443. The lowest BCUT2D eigenvalue weighted by atomic mass is 10.0. The van der Waals surface area contributed by atoms with Gasteiger partial charge in [0.2, 0.25) is 0 Å². The Labute approximate surface area is 95.0 Å². The summed E-state index contributed by atoms with van der Waals surface area (Å²) in [4.78, 5) is 6.29. The van der Waals surface area contributed by atoms with Gasteiger partial charge in [0, 0.05) is 6.04 Å². The van der Waals surface area contributed by atoms with Crippen LogP contribution in [0.1, 0.15) is 25.0 Å². The van der Waals surface area contributed by atoms with Gasteiger partial charge in [0.1, 0.15) is 18.6 Å². The van der Waals surface area contributed by atoms with E-state index >= 15 is 0 Å². The quantitative estimate of drug-likeness (QED) is 0.831. The van der Waals surface area contributed by atoms with Gasteiger partial charge < -0.3 is 19.2 Å². The van der Waals surface area contributed by atoms with E-state index in [4.69, 9.17) is 14.3 Å². The van der Waals surface area contributed by atoms with Gasteiger partial charge in [-0.05, 0) is 26.4 Å². The zero-order chi connectivity index (χ0) is 11.4. The van der Waals surface area contributed by atoms with E-state index in [-0.39, 0.29) is 12.7 Å². The molecule has 1 fully saturated rings. The number of piperidine rings is 1. The SMILES string of the molecule is CN1CCCCC1COc1nc(CO)co1. The Balaban J connectivity index is 1.81. The van der Waals surface area contributed by atoms with E-state index in [2.05, 4.69) is 16.9 Å². The summed E-state index contributed by atoms with van der Waals surface area (Å²) in [5, 5.41) is 8.82. The number of nitrogens with zero attached hydrogens (tertiary/aromatic N) is 2. The highest BCUT2D eigenvalue weighted by Gasteiger charge is 2.20. The number of hydrogen-bond donors (Lipinski definition) is 1. The van der Waals surface area contributed by atoms with E-state index in [1.165, 1.54) is 19.1 Å². The van der Waals surface area contributed by atoms with Crippen molar-refractivity contribution < 1.29 is 14.3 Å². The van der Waals surface area contributed by atoms with Gasteiger partial charge in [-0.2, -0.15) is 4.98 Å². The maximum absolute atomic E-state index is 8.82. The van der Waals surface area contributed by atoms with Gasteiger partial charge in [-0.15, -0.1) is 0 Å². The third-order valence-electron chi connectivity index (χ3n) is 3.01. The van der Waals surface area contributed by atoms with Crippen molar-refractivity contribution in [2.45, 2.75) is 31.9 Å². The zero-order valence-corrected chi connectivity index (χ0v) is 9.56. The number of aromatic nitrogens is 1. The summed E-state index contributed by atoms with van der Waals surface area (Å²) in [5.74, 6) is 0. The maximum Gasteiger partial charge on any atom is 0.393 e. The molecular weight excluding hydrogens is 208 g/mol. The van der Waals surface area contributed by atoms with E-state index in [9.17, 15) is 0 Å². The van der Waals surface area contributed by atoms with Crippen molar-refractivity contribution in [1.82, 2.24) is 9.88 Å². The number of likely N-dealkylation sites (tertiary alicyclic amines) is 1. The Morgan fingerprint density at radius 3 is 3.19 bits per heavy atom. The van der Waals surface area contributed by atoms with Crippen molar-refractivity contribution in [3.8, 4) is 6.08 Å². The van der Waals surface area contributed by atoms with Gasteiger partial charge >= 0.3 is 6.08 Å². The molecule has 0 saturated carbocycles. The molecule has 1 saturated heterocycles. The number of hydrogen-bond acceptors (Lipinski definition) is 5. The first-order valence-corrected chi connectivity index (χ1v) is 5.68. The van der Waals surface area contributed by atoms with Gasteiger partial charge in [-0.25, -0.2) is 0 Å². The highest BCUT2D eigenvalue weighted by Crippen LogP contribution is 2.17. The second-order valence-corrected chi connectivity index (χ2v) is 4.20. The minimum Gasteiger partial charge on any atom is -0.449 e. The lowest BCUT2D eigenvalue weighted by molar-refractivity contribution is 0.106. The van der Waals surface area contributed by atoms with Crippen LogP contribution in [0, 0.1) is 0 Å². The van der Waals surface area contributed by atoms with Gasteiger partial charge in [0.15, 0.2) is 0 Å². The van der Waals surface area contributed by atoms with Crippen LogP contribution in [0.3, 0.4) is 0 Å². The zero-order valence-electron chi connectivity index (χ0n) is 9.56. The van der Waals surface area contributed by atoms with Crippen molar-refractivity contribution in [3.05, 3.63) is 12.0 Å². The Morgan fingerprint density at radius 2 is 2.50 bits per heavy atom. The predicted octanol–water partition coefficient (Wildman–Crippen LogP) is 1.03. The van der Waals surface area contributed by atoms with Crippen LogP contribution in [0.15, 0.2) is 10.7 Å². The summed E-state index contributed by atoms with van der Waals surface area (Å²) in [7, 11) is 2.11. The molecule has 0 amide bonds. The van der Waals surface area contributed by atoms with Crippen LogP contribution in [-0.2, 0) is 6.61 Å². The molecule has 1 atom stereocenters. The van der Waals surface area contributed by atoms with Crippen LogP contribution >= 0.6 is 0 Å². The normalized spacial score (nSPS) is 22.2. The minimum atomic E-state index is -0.115. The molecule has 0 spiro atoms. The van der Waals surface area contributed by atoms with Gasteiger partial charge in [-0.3, -0.25) is 0 Å². The third kappa shape index (κ3) is 2.74. The average molecular weight is 226 g/mol.